The zero-order chi connectivity index (χ0) is 10.7. The minimum absolute atomic E-state index is 0.0377. The van der Waals surface area contributed by atoms with E-state index in [4.69, 9.17) is 4.42 Å². The Morgan fingerprint density at radius 1 is 1.64 bits per heavy atom. The van der Waals surface area contributed by atoms with Crippen LogP contribution in [0.2, 0.25) is 0 Å². The van der Waals surface area contributed by atoms with Crippen molar-refractivity contribution in [2.24, 2.45) is 0 Å². The van der Waals surface area contributed by atoms with Gasteiger partial charge in [0.2, 0.25) is 0 Å². The normalized spacial score (nSPS) is 13.2. The van der Waals surface area contributed by atoms with Crippen LogP contribution in [-0.4, -0.2) is 23.8 Å². The molecule has 0 spiro atoms. The van der Waals surface area contributed by atoms with Crippen molar-refractivity contribution >= 4 is 5.78 Å². The number of ketones is 1. The molecule has 0 aliphatic carbocycles. The minimum atomic E-state index is -0.0377. The highest BCUT2D eigenvalue weighted by molar-refractivity contribution is 5.80. The molecule has 3 heteroatoms. The summed E-state index contributed by atoms with van der Waals surface area (Å²) in [5.41, 5.74) is 1.14. The summed E-state index contributed by atoms with van der Waals surface area (Å²) in [5.74, 6) is 1.11. The van der Waals surface area contributed by atoms with Crippen molar-refractivity contribution in [3.63, 3.8) is 0 Å². The highest BCUT2D eigenvalue weighted by atomic mass is 16.3. The Labute approximate surface area is 84.7 Å². The van der Waals surface area contributed by atoms with E-state index in [-0.39, 0.29) is 11.8 Å². The van der Waals surface area contributed by atoms with E-state index in [2.05, 4.69) is 0 Å². The van der Waals surface area contributed by atoms with Crippen molar-refractivity contribution in [3.05, 3.63) is 23.7 Å². The Morgan fingerprint density at radius 3 is 2.71 bits per heavy atom. The first-order chi connectivity index (χ1) is 6.52. The summed E-state index contributed by atoms with van der Waals surface area (Å²) in [5, 5.41) is 0. The Bertz CT molecular complexity index is 317. The monoisotopic (exact) mass is 195 g/mol. The number of Topliss-reactive ketones (excluding diaryl/α,β-unsaturated/α-hetero) is 1. The Hall–Kier alpha value is -1.09. The van der Waals surface area contributed by atoms with Gasteiger partial charge in [0.25, 0.3) is 0 Å². The number of hydrogen-bond acceptors (Lipinski definition) is 3. The van der Waals surface area contributed by atoms with E-state index >= 15 is 0 Å². The third-order valence-electron chi connectivity index (χ3n) is 2.64. The van der Waals surface area contributed by atoms with Gasteiger partial charge in [-0.25, -0.2) is 0 Å². The second-order valence-electron chi connectivity index (χ2n) is 3.70. The largest absolute Gasteiger partial charge is 0.469 e. The predicted molar refractivity (Wildman–Crippen MR) is 55.1 cm³/mol. The molecule has 0 aliphatic heterocycles. The maximum Gasteiger partial charge on any atom is 0.146 e. The van der Waals surface area contributed by atoms with Crippen LogP contribution in [0.25, 0.3) is 0 Å². The molecule has 0 saturated heterocycles. The number of furan rings is 1. The Morgan fingerprint density at radius 2 is 2.29 bits per heavy atom. The highest BCUT2D eigenvalue weighted by Crippen LogP contribution is 2.12. The zero-order valence-electron chi connectivity index (χ0n) is 9.20. The minimum Gasteiger partial charge on any atom is -0.469 e. The van der Waals surface area contributed by atoms with Gasteiger partial charge in [-0.15, -0.1) is 0 Å². The van der Waals surface area contributed by atoms with Crippen LogP contribution in [-0.2, 0) is 11.3 Å². The van der Waals surface area contributed by atoms with Gasteiger partial charge in [-0.3, -0.25) is 9.69 Å². The van der Waals surface area contributed by atoms with Gasteiger partial charge >= 0.3 is 0 Å². The first kappa shape index (κ1) is 11.0. The van der Waals surface area contributed by atoms with E-state index in [1.807, 2.05) is 31.9 Å². The van der Waals surface area contributed by atoms with Crippen molar-refractivity contribution in [3.8, 4) is 0 Å². The molecule has 0 saturated carbocycles. The van der Waals surface area contributed by atoms with Gasteiger partial charge in [0.1, 0.15) is 11.5 Å². The van der Waals surface area contributed by atoms with Crippen molar-refractivity contribution in [1.29, 1.82) is 0 Å². The number of likely N-dealkylation sites (N-methyl/N-ethyl adjacent to an activating group) is 1. The van der Waals surface area contributed by atoms with Gasteiger partial charge in [-0.2, -0.15) is 0 Å². The fourth-order valence-electron chi connectivity index (χ4n) is 1.29. The van der Waals surface area contributed by atoms with Crippen LogP contribution in [0, 0.1) is 6.92 Å². The molecule has 1 heterocycles. The van der Waals surface area contributed by atoms with Crippen LogP contribution in [0.4, 0.5) is 0 Å². The van der Waals surface area contributed by atoms with Crippen molar-refractivity contribution < 1.29 is 9.21 Å². The average Bonchev–Trinajstić information content (AvgIpc) is 2.50. The molecule has 1 atom stereocenters. The van der Waals surface area contributed by atoms with E-state index in [0.717, 1.165) is 17.9 Å². The lowest BCUT2D eigenvalue weighted by atomic mass is 10.2. The summed E-state index contributed by atoms with van der Waals surface area (Å²) in [6, 6.07) is 1.91. The summed E-state index contributed by atoms with van der Waals surface area (Å²) in [6.07, 6.45) is 1.68. The first-order valence-electron chi connectivity index (χ1n) is 4.76. The quantitative estimate of drug-likeness (QED) is 0.736. The van der Waals surface area contributed by atoms with E-state index in [1.165, 1.54) is 0 Å². The molecule has 78 valence electrons. The van der Waals surface area contributed by atoms with Gasteiger partial charge in [0, 0.05) is 12.1 Å². The lowest BCUT2D eigenvalue weighted by molar-refractivity contribution is -0.121. The molecule has 0 fully saturated rings. The number of rotatable bonds is 4. The molecular weight excluding hydrogens is 178 g/mol. The summed E-state index contributed by atoms with van der Waals surface area (Å²) in [6.45, 7) is 6.21. The highest BCUT2D eigenvalue weighted by Gasteiger charge is 2.15. The molecule has 0 bridgehead atoms. The Balaban J connectivity index is 2.61. The number of aryl methyl sites for hydroxylation is 1. The Kier molecular flexibility index (Phi) is 3.47. The topological polar surface area (TPSA) is 33.5 Å². The molecular formula is C11H17NO2. The van der Waals surface area contributed by atoms with Gasteiger partial charge < -0.3 is 4.42 Å². The van der Waals surface area contributed by atoms with Crippen LogP contribution in [0.15, 0.2) is 16.7 Å². The van der Waals surface area contributed by atoms with Gasteiger partial charge in [-0.1, -0.05) is 0 Å². The average molecular weight is 195 g/mol. The van der Waals surface area contributed by atoms with Gasteiger partial charge in [0.05, 0.1) is 12.3 Å². The van der Waals surface area contributed by atoms with Gasteiger partial charge in [0.15, 0.2) is 0 Å². The summed E-state index contributed by atoms with van der Waals surface area (Å²) in [4.78, 5) is 13.1. The maximum atomic E-state index is 11.1. The lowest BCUT2D eigenvalue weighted by Gasteiger charge is -2.21. The molecule has 0 aliphatic rings. The lowest BCUT2D eigenvalue weighted by Crippen LogP contribution is -2.34. The summed E-state index contributed by atoms with van der Waals surface area (Å²) in [7, 11) is 1.94. The third kappa shape index (κ3) is 2.45. The van der Waals surface area contributed by atoms with E-state index < -0.39 is 0 Å². The van der Waals surface area contributed by atoms with Crippen molar-refractivity contribution in [2.45, 2.75) is 33.4 Å². The summed E-state index contributed by atoms with van der Waals surface area (Å²) >= 11 is 0. The second kappa shape index (κ2) is 4.42. The van der Waals surface area contributed by atoms with E-state index in [9.17, 15) is 4.79 Å². The molecule has 1 unspecified atom stereocenters. The maximum absolute atomic E-state index is 11.1. The SMILES string of the molecule is CC(=O)C(C)N(C)Cc1ccoc1C. The molecule has 3 nitrogen and oxygen atoms in total. The van der Waals surface area contributed by atoms with Crippen LogP contribution in [0.5, 0.6) is 0 Å². The second-order valence-corrected chi connectivity index (χ2v) is 3.70. The van der Waals surface area contributed by atoms with Crippen LogP contribution in [0.1, 0.15) is 25.2 Å². The molecule has 1 aromatic heterocycles. The molecule has 14 heavy (non-hydrogen) atoms. The number of carbonyl (C=O) groups excluding carboxylic acids is 1. The number of hydrogen-bond donors (Lipinski definition) is 0. The van der Waals surface area contributed by atoms with Crippen molar-refractivity contribution in [1.82, 2.24) is 4.90 Å². The third-order valence-corrected chi connectivity index (χ3v) is 2.64. The van der Waals surface area contributed by atoms with E-state index in [0.29, 0.717) is 0 Å². The molecule has 0 N–H and O–H groups in total. The van der Waals surface area contributed by atoms with E-state index in [1.54, 1.807) is 13.2 Å². The molecule has 1 aromatic rings. The summed E-state index contributed by atoms with van der Waals surface area (Å²) < 4.78 is 5.19. The predicted octanol–water partition coefficient (Wildman–Crippen LogP) is 2.00. The first-order valence-corrected chi connectivity index (χ1v) is 4.76. The number of carbonyl (C=O) groups is 1. The zero-order valence-corrected chi connectivity index (χ0v) is 9.20. The molecule has 0 aromatic carbocycles. The van der Waals surface area contributed by atoms with Crippen molar-refractivity contribution in [2.75, 3.05) is 7.05 Å². The van der Waals surface area contributed by atoms with Gasteiger partial charge in [-0.05, 0) is 33.9 Å². The van der Waals surface area contributed by atoms with Crippen LogP contribution in [0.3, 0.4) is 0 Å². The molecule has 0 amide bonds. The molecule has 1 rings (SSSR count). The smallest absolute Gasteiger partial charge is 0.146 e. The molecule has 0 radical (unpaired) electrons. The fraction of sp³-hybridized carbons (Fsp3) is 0.545. The van der Waals surface area contributed by atoms with Crippen LogP contribution < -0.4 is 0 Å². The fourth-order valence-corrected chi connectivity index (χ4v) is 1.29. The standard InChI is InChI=1S/C11H17NO2/c1-8(9(2)13)12(4)7-11-5-6-14-10(11)3/h5-6,8H,7H2,1-4H3. The van der Waals surface area contributed by atoms with Crippen LogP contribution >= 0.6 is 0 Å². The number of nitrogens with zero attached hydrogens (tertiary/aromatic N) is 1.